The van der Waals surface area contributed by atoms with Gasteiger partial charge in [-0.25, -0.2) is 0 Å². The van der Waals surface area contributed by atoms with Crippen LogP contribution in [0, 0.1) is 5.92 Å². The van der Waals surface area contributed by atoms with Crippen molar-refractivity contribution in [3.8, 4) is 23.0 Å². The number of ketones is 1. The van der Waals surface area contributed by atoms with Crippen LogP contribution in [0.5, 0.6) is 23.0 Å². The lowest BCUT2D eigenvalue weighted by atomic mass is 9.77. The van der Waals surface area contributed by atoms with E-state index in [2.05, 4.69) is 0 Å². The first-order valence-electron chi connectivity index (χ1n) is 16.8. The van der Waals surface area contributed by atoms with Gasteiger partial charge in [0.15, 0.2) is 23.0 Å². The van der Waals surface area contributed by atoms with Gasteiger partial charge < -0.3 is 68.4 Å². The number of fused-ring (bicyclic) bond motifs is 1. The monoisotopic (exact) mass is 763 g/mol. The summed E-state index contributed by atoms with van der Waals surface area (Å²) in [6, 6.07) is 7.69. The fraction of sp³-hybridized carbons (Fsp3) is 0.486. The van der Waals surface area contributed by atoms with Crippen LogP contribution in [0.4, 0.5) is 0 Å². The van der Waals surface area contributed by atoms with Crippen molar-refractivity contribution in [2.75, 3.05) is 13.4 Å². The molecule has 17 nitrogen and oxygen atoms in total. The molecular formula is C35H41NO16S. The number of carbonyl (C=O) groups excluding carboxylic acids is 2. The van der Waals surface area contributed by atoms with Gasteiger partial charge in [0.2, 0.25) is 18.8 Å². The second-order valence-electron chi connectivity index (χ2n) is 13.1. The highest BCUT2D eigenvalue weighted by atomic mass is 32.2. The molecule has 0 spiro atoms. The summed E-state index contributed by atoms with van der Waals surface area (Å²) in [5, 5.41) is 60.8. The van der Waals surface area contributed by atoms with E-state index >= 15 is 0 Å². The van der Waals surface area contributed by atoms with Crippen molar-refractivity contribution in [1.82, 2.24) is 0 Å². The number of ether oxygens (including phenoxy) is 5. The number of allylic oxidation sites excluding steroid dienone is 3. The van der Waals surface area contributed by atoms with E-state index in [1.54, 1.807) is 18.2 Å². The number of amides is 1. The molecule has 2 aromatic rings. The highest BCUT2D eigenvalue weighted by Crippen LogP contribution is 2.49. The first kappa shape index (κ1) is 38.5. The van der Waals surface area contributed by atoms with Gasteiger partial charge in [0.05, 0.1) is 36.6 Å². The van der Waals surface area contributed by atoms with Crippen molar-refractivity contribution in [1.29, 1.82) is 0 Å². The minimum absolute atomic E-state index is 0.0109. The SMILES string of the molecule is CC(=O)C1C=CC(O[C@H]2C[C@@H](O)[C@@H](O)C(CO)O2)=C(OS(=O)Oc2ccc(COc3c4c(cc([C@@H]5C[C@H](O)[C@H](O)CC5O)c3C(N)=O)OCO4)cc2)C1. The minimum Gasteiger partial charge on any atom is -0.484 e. The molecule has 1 saturated heterocycles. The van der Waals surface area contributed by atoms with Crippen molar-refractivity contribution in [3.05, 3.63) is 70.7 Å². The quantitative estimate of drug-likeness (QED) is 0.144. The number of primary amides is 1. The Morgan fingerprint density at radius 1 is 0.962 bits per heavy atom. The van der Waals surface area contributed by atoms with E-state index in [9.17, 15) is 44.4 Å². The van der Waals surface area contributed by atoms with E-state index < -0.39 is 78.6 Å². The number of rotatable bonds is 13. The van der Waals surface area contributed by atoms with Gasteiger partial charge in [0.25, 0.3) is 5.91 Å². The lowest BCUT2D eigenvalue weighted by molar-refractivity contribution is -0.245. The second-order valence-corrected chi connectivity index (χ2v) is 13.9. The predicted octanol–water partition coefficient (Wildman–Crippen LogP) is 0.250. The molecule has 0 bridgehead atoms. The van der Waals surface area contributed by atoms with E-state index in [0.29, 0.717) is 5.56 Å². The molecule has 0 radical (unpaired) electrons. The van der Waals surface area contributed by atoms with Gasteiger partial charge >= 0.3 is 11.4 Å². The average molecular weight is 764 g/mol. The summed E-state index contributed by atoms with van der Waals surface area (Å²) in [6.07, 6.45) is -5.36. The number of aliphatic hydroxyl groups excluding tert-OH is 6. The lowest BCUT2D eigenvalue weighted by Crippen LogP contribution is -2.50. The van der Waals surface area contributed by atoms with Crippen molar-refractivity contribution in [2.45, 2.75) is 88.0 Å². The number of carbonyl (C=O) groups is 2. The van der Waals surface area contributed by atoms with E-state index in [0.717, 1.165) is 0 Å². The van der Waals surface area contributed by atoms with E-state index in [-0.39, 0.29) is 90.5 Å². The zero-order chi connectivity index (χ0) is 38.0. The molecule has 1 saturated carbocycles. The Morgan fingerprint density at radius 3 is 2.40 bits per heavy atom. The molecule has 6 rings (SSSR count). The third-order valence-electron chi connectivity index (χ3n) is 9.48. The fourth-order valence-electron chi connectivity index (χ4n) is 6.58. The first-order valence-corrected chi connectivity index (χ1v) is 17.8. The molecule has 4 unspecified atom stereocenters. The van der Waals surface area contributed by atoms with Crippen molar-refractivity contribution >= 4 is 23.1 Å². The van der Waals surface area contributed by atoms with Gasteiger partial charge in [-0.05, 0) is 48.7 Å². The molecule has 4 aliphatic rings. The number of nitrogens with two attached hydrogens (primary N) is 1. The Bertz CT molecular complexity index is 1760. The molecule has 8 N–H and O–H groups in total. The molecule has 2 heterocycles. The van der Waals surface area contributed by atoms with Crippen LogP contribution in [-0.2, 0) is 36.4 Å². The smallest absolute Gasteiger partial charge is 0.417 e. The predicted molar refractivity (Wildman–Crippen MR) is 180 cm³/mol. The summed E-state index contributed by atoms with van der Waals surface area (Å²) in [5.74, 6) is -1.82. The van der Waals surface area contributed by atoms with E-state index in [4.69, 9.17) is 37.8 Å². The van der Waals surface area contributed by atoms with Crippen LogP contribution in [0.2, 0.25) is 0 Å². The Morgan fingerprint density at radius 2 is 1.70 bits per heavy atom. The normalized spacial score (nSPS) is 30.1. The molecule has 2 aromatic carbocycles. The summed E-state index contributed by atoms with van der Waals surface area (Å²) in [5.41, 5.74) is 6.59. The molecule has 18 heteroatoms. The third-order valence-corrected chi connectivity index (χ3v) is 10.1. The zero-order valence-corrected chi connectivity index (χ0v) is 29.3. The summed E-state index contributed by atoms with van der Waals surface area (Å²) in [7, 11) is 0. The topological polar surface area (TPSA) is 263 Å². The Hall–Kier alpha value is -4.27. The number of Topliss-reactive ketones (excluding diaryl/α,β-unsaturated/α-hetero) is 1. The molecule has 2 aliphatic carbocycles. The maximum absolute atomic E-state index is 13.0. The van der Waals surface area contributed by atoms with Crippen LogP contribution in [0.3, 0.4) is 0 Å². The lowest BCUT2D eigenvalue weighted by Gasteiger charge is -2.36. The van der Waals surface area contributed by atoms with Crippen LogP contribution in [0.25, 0.3) is 0 Å². The van der Waals surface area contributed by atoms with Crippen LogP contribution in [0.15, 0.2) is 54.0 Å². The summed E-state index contributed by atoms with van der Waals surface area (Å²) >= 11 is -2.43. The molecule has 0 aromatic heterocycles. The van der Waals surface area contributed by atoms with Gasteiger partial charge in [-0.1, -0.05) is 18.2 Å². The number of hydrogen-bond acceptors (Lipinski definition) is 16. The molecule has 53 heavy (non-hydrogen) atoms. The number of benzene rings is 2. The zero-order valence-electron chi connectivity index (χ0n) is 28.4. The molecule has 288 valence electrons. The molecule has 2 fully saturated rings. The van der Waals surface area contributed by atoms with Gasteiger partial charge in [0, 0.05) is 31.1 Å². The van der Waals surface area contributed by atoms with Gasteiger partial charge in [-0.3, -0.25) is 9.59 Å². The maximum atomic E-state index is 13.0. The first-order chi connectivity index (χ1) is 25.3. The second kappa shape index (κ2) is 16.4. The van der Waals surface area contributed by atoms with E-state index in [1.165, 1.54) is 31.2 Å². The van der Waals surface area contributed by atoms with Gasteiger partial charge in [0.1, 0.15) is 30.3 Å². The molecule has 10 atom stereocenters. The van der Waals surface area contributed by atoms with E-state index in [1.807, 2.05) is 0 Å². The van der Waals surface area contributed by atoms with Crippen LogP contribution < -0.4 is 24.1 Å². The standard InChI is InChI=1S/C35H41NO16S/c1-16(38)18-4-7-26(49-30-12-25(42)32(43)29(13-37)50-30)27(8-18)52-53(45)51-19-5-2-17(3-6-19)14-46-34-31(35(36)44)21(10-28-33(34)48-15-47-28)20-9-23(40)24(41)11-22(20)39/h2-7,10,18,20,22-25,29-30,32,37,39-43H,8-9,11-15H2,1H3,(H2,36,44)/t18?,20-,22?,23-,24+,25+,29?,30+,32+,53?/m0/s1. The fourth-order valence-corrected chi connectivity index (χ4v) is 7.19. The highest BCUT2D eigenvalue weighted by Gasteiger charge is 2.41. The summed E-state index contributed by atoms with van der Waals surface area (Å²) in [4.78, 5) is 24.9. The molecule has 1 amide bonds. The molecule has 2 aliphatic heterocycles. The maximum Gasteiger partial charge on any atom is 0.417 e. The van der Waals surface area contributed by atoms with Gasteiger partial charge in [-0.15, -0.1) is 0 Å². The Kier molecular flexibility index (Phi) is 11.9. The van der Waals surface area contributed by atoms with Crippen LogP contribution in [0.1, 0.15) is 60.0 Å². The minimum atomic E-state index is -2.43. The Balaban J connectivity index is 1.14. The number of aliphatic hydroxyl groups is 6. The van der Waals surface area contributed by atoms with Crippen molar-refractivity contribution in [3.63, 3.8) is 0 Å². The van der Waals surface area contributed by atoms with Crippen molar-refractivity contribution < 1.29 is 76.5 Å². The highest BCUT2D eigenvalue weighted by molar-refractivity contribution is 7.75. The van der Waals surface area contributed by atoms with Crippen LogP contribution >= 0.6 is 0 Å². The van der Waals surface area contributed by atoms with Crippen LogP contribution in [-0.4, -0.2) is 103 Å². The third kappa shape index (κ3) is 8.60. The Labute approximate surface area is 305 Å². The number of hydrogen-bond donors (Lipinski definition) is 7. The summed E-state index contributed by atoms with van der Waals surface area (Å²) < 4.78 is 52.6. The molecular weight excluding hydrogens is 722 g/mol. The largest absolute Gasteiger partial charge is 0.484 e. The average Bonchev–Trinajstić information content (AvgIpc) is 3.60. The van der Waals surface area contributed by atoms with Crippen molar-refractivity contribution in [2.24, 2.45) is 11.7 Å². The van der Waals surface area contributed by atoms with Gasteiger partial charge in [-0.2, -0.15) is 4.21 Å². The summed E-state index contributed by atoms with van der Waals surface area (Å²) in [6.45, 7) is 0.562.